The molecule has 3 rings (SSSR count). The van der Waals surface area contributed by atoms with E-state index in [1.165, 1.54) is 6.39 Å². The normalized spacial score (nSPS) is 17.7. The predicted octanol–water partition coefficient (Wildman–Crippen LogP) is 4.18. The minimum atomic E-state index is -0.506. The molecule has 5 heteroatoms. The van der Waals surface area contributed by atoms with Crippen molar-refractivity contribution in [3.8, 4) is 5.75 Å². The first kappa shape index (κ1) is 15.7. The zero-order chi connectivity index (χ0) is 16.4. The van der Waals surface area contributed by atoms with Gasteiger partial charge in [0.1, 0.15) is 11.9 Å². The van der Waals surface area contributed by atoms with Crippen LogP contribution in [-0.4, -0.2) is 17.6 Å². The molecule has 1 fully saturated rings. The third kappa shape index (κ3) is 3.29. The summed E-state index contributed by atoms with van der Waals surface area (Å²) in [7, 11) is 0. The number of rotatable bonds is 4. The zero-order valence-electron chi connectivity index (χ0n) is 13.7. The highest BCUT2D eigenvalue weighted by molar-refractivity contribution is 5.90. The number of carbonyl (C=O) groups is 1. The van der Waals surface area contributed by atoms with Gasteiger partial charge in [0.05, 0.1) is 0 Å². The Morgan fingerprint density at radius 2 is 2.22 bits per heavy atom. The van der Waals surface area contributed by atoms with E-state index in [0.717, 1.165) is 24.0 Å². The first-order chi connectivity index (χ1) is 11.1. The van der Waals surface area contributed by atoms with Crippen LogP contribution in [0.5, 0.6) is 5.75 Å². The molecule has 23 heavy (non-hydrogen) atoms. The highest BCUT2D eigenvalue weighted by atomic mass is 16.5. The zero-order valence-corrected chi connectivity index (χ0v) is 13.7. The Hall–Kier alpha value is -2.14. The van der Waals surface area contributed by atoms with E-state index < -0.39 is 5.97 Å². The summed E-state index contributed by atoms with van der Waals surface area (Å²) in [6, 6.07) is 5.91. The van der Waals surface area contributed by atoms with Crippen LogP contribution in [0.1, 0.15) is 66.1 Å². The molecule has 1 saturated heterocycles. The number of carbonyl (C=O) groups excluding carboxylic acids is 1. The SMILES string of the molecule is Cc1ccc(C(C)C)cc1OC(=O)c1ncoc1C1CCCO1. The van der Waals surface area contributed by atoms with E-state index in [1.54, 1.807) is 0 Å². The Morgan fingerprint density at radius 1 is 1.39 bits per heavy atom. The van der Waals surface area contributed by atoms with Crippen LogP contribution in [0.3, 0.4) is 0 Å². The van der Waals surface area contributed by atoms with Gasteiger partial charge in [-0.2, -0.15) is 0 Å². The van der Waals surface area contributed by atoms with Crippen molar-refractivity contribution in [2.75, 3.05) is 6.61 Å². The number of hydrogen-bond acceptors (Lipinski definition) is 5. The molecule has 0 N–H and O–H groups in total. The molecule has 1 unspecified atom stereocenters. The van der Waals surface area contributed by atoms with Gasteiger partial charge < -0.3 is 13.9 Å². The van der Waals surface area contributed by atoms with Crippen molar-refractivity contribution in [1.29, 1.82) is 0 Å². The van der Waals surface area contributed by atoms with Gasteiger partial charge in [-0.05, 0) is 42.9 Å². The van der Waals surface area contributed by atoms with E-state index in [2.05, 4.69) is 18.8 Å². The summed E-state index contributed by atoms with van der Waals surface area (Å²) in [6.45, 7) is 6.79. The molecule has 2 heterocycles. The van der Waals surface area contributed by atoms with Crippen molar-refractivity contribution in [3.63, 3.8) is 0 Å². The van der Waals surface area contributed by atoms with Crippen LogP contribution in [0, 0.1) is 6.92 Å². The van der Waals surface area contributed by atoms with E-state index in [-0.39, 0.29) is 11.8 Å². The van der Waals surface area contributed by atoms with Gasteiger partial charge in [-0.3, -0.25) is 0 Å². The number of nitrogens with zero attached hydrogens (tertiary/aromatic N) is 1. The molecule has 0 spiro atoms. The van der Waals surface area contributed by atoms with Gasteiger partial charge in [-0.1, -0.05) is 26.0 Å². The Balaban J connectivity index is 1.82. The highest BCUT2D eigenvalue weighted by Crippen LogP contribution is 2.31. The van der Waals surface area contributed by atoms with Crippen molar-refractivity contribution >= 4 is 5.97 Å². The maximum atomic E-state index is 12.5. The van der Waals surface area contributed by atoms with Crippen molar-refractivity contribution in [3.05, 3.63) is 47.2 Å². The molecule has 1 aliphatic rings. The number of esters is 1. The summed E-state index contributed by atoms with van der Waals surface area (Å²) in [5.41, 5.74) is 2.23. The molecule has 1 atom stereocenters. The average molecular weight is 315 g/mol. The topological polar surface area (TPSA) is 61.6 Å². The lowest BCUT2D eigenvalue weighted by molar-refractivity contribution is 0.0694. The maximum Gasteiger partial charge on any atom is 0.366 e. The summed E-state index contributed by atoms with van der Waals surface area (Å²) in [4.78, 5) is 16.5. The van der Waals surface area contributed by atoms with Crippen molar-refractivity contribution < 1.29 is 18.7 Å². The summed E-state index contributed by atoms with van der Waals surface area (Å²) in [5, 5.41) is 0. The van der Waals surface area contributed by atoms with Crippen LogP contribution in [0.25, 0.3) is 0 Å². The van der Waals surface area contributed by atoms with Crippen LogP contribution in [0.4, 0.5) is 0 Å². The lowest BCUT2D eigenvalue weighted by atomic mass is 10.0. The minimum absolute atomic E-state index is 0.200. The van der Waals surface area contributed by atoms with Gasteiger partial charge in [0.15, 0.2) is 17.8 Å². The second kappa shape index (κ2) is 6.54. The fourth-order valence-electron chi connectivity index (χ4n) is 2.66. The number of aromatic nitrogens is 1. The lowest BCUT2D eigenvalue weighted by Gasteiger charge is -2.12. The molecule has 5 nitrogen and oxygen atoms in total. The first-order valence-electron chi connectivity index (χ1n) is 7.94. The van der Waals surface area contributed by atoms with Gasteiger partial charge in [-0.15, -0.1) is 0 Å². The van der Waals surface area contributed by atoms with Gasteiger partial charge in [-0.25, -0.2) is 9.78 Å². The van der Waals surface area contributed by atoms with Crippen LogP contribution in [-0.2, 0) is 4.74 Å². The van der Waals surface area contributed by atoms with E-state index in [0.29, 0.717) is 24.0 Å². The number of ether oxygens (including phenoxy) is 2. The molecule has 0 bridgehead atoms. The number of oxazole rings is 1. The summed E-state index contributed by atoms with van der Waals surface area (Å²) < 4.78 is 16.5. The third-order valence-electron chi connectivity index (χ3n) is 4.09. The van der Waals surface area contributed by atoms with Gasteiger partial charge in [0, 0.05) is 6.61 Å². The van der Waals surface area contributed by atoms with Gasteiger partial charge in [0.2, 0.25) is 0 Å². The molecule has 122 valence electrons. The van der Waals surface area contributed by atoms with Crippen LogP contribution in [0.15, 0.2) is 29.0 Å². The summed E-state index contributed by atoms with van der Waals surface area (Å²) in [6.07, 6.45) is 2.85. The smallest absolute Gasteiger partial charge is 0.366 e. The number of benzene rings is 1. The van der Waals surface area contributed by atoms with Crippen molar-refractivity contribution in [2.45, 2.75) is 45.6 Å². The Kier molecular flexibility index (Phi) is 4.48. The lowest BCUT2D eigenvalue weighted by Crippen LogP contribution is -2.13. The third-order valence-corrected chi connectivity index (χ3v) is 4.09. The monoisotopic (exact) mass is 315 g/mol. The molecule has 1 aromatic heterocycles. The minimum Gasteiger partial charge on any atom is -0.445 e. The van der Waals surface area contributed by atoms with Crippen molar-refractivity contribution in [1.82, 2.24) is 4.98 Å². The van der Waals surface area contributed by atoms with Crippen LogP contribution >= 0.6 is 0 Å². The maximum absolute atomic E-state index is 12.5. The number of aryl methyl sites for hydroxylation is 1. The first-order valence-corrected chi connectivity index (χ1v) is 7.94. The predicted molar refractivity (Wildman–Crippen MR) is 84.7 cm³/mol. The molecule has 0 saturated carbocycles. The Labute approximate surface area is 135 Å². The quantitative estimate of drug-likeness (QED) is 0.625. The Morgan fingerprint density at radius 3 is 2.91 bits per heavy atom. The van der Waals surface area contributed by atoms with E-state index >= 15 is 0 Å². The standard InChI is InChI=1S/C18H21NO4/c1-11(2)13-7-6-12(3)15(9-13)23-18(20)16-17(22-10-19-16)14-5-4-8-21-14/h6-7,9-11,14H,4-5,8H2,1-3H3. The second-order valence-electron chi connectivity index (χ2n) is 6.14. The number of hydrogen-bond donors (Lipinski definition) is 0. The van der Waals surface area contributed by atoms with Gasteiger partial charge in [0.25, 0.3) is 0 Å². The average Bonchev–Trinajstić information content (AvgIpc) is 3.19. The molecule has 0 aliphatic carbocycles. The fourth-order valence-corrected chi connectivity index (χ4v) is 2.66. The Bertz CT molecular complexity index is 699. The molecule has 0 amide bonds. The van der Waals surface area contributed by atoms with Gasteiger partial charge >= 0.3 is 5.97 Å². The molecular weight excluding hydrogens is 294 g/mol. The highest BCUT2D eigenvalue weighted by Gasteiger charge is 2.29. The molecule has 1 aromatic carbocycles. The molecular formula is C18H21NO4. The van der Waals surface area contributed by atoms with Crippen LogP contribution < -0.4 is 4.74 Å². The molecule has 2 aromatic rings. The molecule has 0 radical (unpaired) electrons. The van der Waals surface area contributed by atoms with Crippen molar-refractivity contribution in [2.24, 2.45) is 0 Å². The summed E-state index contributed by atoms with van der Waals surface area (Å²) >= 11 is 0. The largest absolute Gasteiger partial charge is 0.445 e. The van der Waals surface area contributed by atoms with E-state index in [4.69, 9.17) is 13.9 Å². The fraction of sp³-hybridized carbons (Fsp3) is 0.444. The summed E-state index contributed by atoms with van der Waals surface area (Å²) in [5.74, 6) is 0.878. The van der Waals surface area contributed by atoms with Crippen LogP contribution in [0.2, 0.25) is 0 Å². The van der Waals surface area contributed by atoms with E-state index in [1.807, 2.05) is 25.1 Å². The second-order valence-corrected chi connectivity index (χ2v) is 6.14. The molecule has 1 aliphatic heterocycles. The van der Waals surface area contributed by atoms with E-state index in [9.17, 15) is 4.79 Å².